The summed E-state index contributed by atoms with van der Waals surface area (Å²) in [5.41, 5.74) is 1.68. The standard InChI is InChI=1S/C34H57NO4/c1-22(2)10-9-11-23(3)27-14-15-28-26-13-12-24-20-25(38-30(36)21-35-31(37)39-32(4,5)6)16-18-33(24,7)29(26)17-19-34(27,28)8/h12,22-23,25-29H,9-11,13-21H2,1-8H3,(H,35,37)/t23-,25?,26+,27-,28+,29+,33+,34-/m1/s1. The molecule has 0 radical (unpaired) electrons. The zero-order valence-electron chi connectivity index (χ0n) is 26.2. The maximum atomic E-state index is 12.5. The summed E-state index contributed by atoms with van der Waals surface area (Å²) >= 11 is 0. The number of allylic oxidation sites excluding steroid dienone is 1. The van der Waals surface area contributed by atoms with Crippen LogP contribution in [0.25, 0.3) is 0 Å². The van der Waals surface area contributed by atoms with Crippen molar-refractivity contribution in [3.63, 3.8) is 0 Å². The van der Waals surface area contributed by atoms with Crippen molar-refractivity contribution in [2.75, 3.05) is 6.54 Å². The van der Waals surface area contributed by atoms with Gasteiger partial charge in [0.25, 0.3) is 0 Å². The number of alkyl carbamates (subject to hydrolysis) is 1. The lowest BCUT2D eigenvalue weighted by molar-refractivity contribution is -0.150. The summed E-state index contributed by atoms with van der Waals surface area (Å²) in [5.74, 6) is 4.60. The van der Waals surface area contributed by atoms with Gasteiger partial charge in [-0.1, -0.05) is 65.5 Å². The van der Waals surface area contributed by atoms with Gasteiger partial charge >= 0.3 is 12.1 Å². The lowest BCUT2D eigenvalue weighted by Crippen LogP contribution is -2.51. The molecule has 1 N–H and O–H groups in total. The van der Waals surface area contributed by atoms with Crippen LogP contribution in [-0.2, 0) is 14.3 Å². The second-order valence-corrected chi connectivity index (χ2v) is 15.5. The second-order valence-electron chi connectivity index (χ2n) is 15.5. The fourth-order valence-electron chi connectivity index (χ4n) is 9.44. The smallest absolute Gasteiger partial charge is 0.408 e. The van der Waals surface area contributed by atoms with Crippen LogP contribution in [0.4, 0.5) is 4.79 Å². The van der Waals surface area contributed by atoms with E-state index in [0.29, 0.717) is 5.41 Å². The highest BCUT2D eigenvalue weighted by molar-refractivity contribution is 5.78. The molecule has 5 heteroatoms. The Morgan fingerprint density at radius 3 is 2.46 bits per heavy atom. The molecule has 5 nitrogen and oxygen atoms in total. The fraction of sp³-hybridized carbons (Fsp3) is 0.882. The van der Waals surface area contributed by atoms with Crippen LogP contribution in [0.15, 0.2) is 11.6 Å². The molecule has 4 rings (SSSR count). The first-order valence-corrected chi connectivity index (χ1v) is 16.1. The molecule has 0 aromatic carbocycles. The van der Waals surface area contributed by atoms with Crippen LogP contribution < -0.4 is 5.32 Å². The molecule has 0 bridgehead atoms. The van der Waals surface area contributed by atoms with E-state index in [2.05, 4.69) is 46.0 Å². The molecule has 0 saturated heterocycles. The van der Waals surface area contributed by atoms with Crippen LogP contribution >= 0.6 is 0 Å². The molecule has 222 valence electrons. The highest BCUT2D eigenvalue weighted by atomic mass is 16.6. The lowest BCUT2D eigenvalue weighted by Gasteiger charge is -2.58. The van der Waals surface area contributed by atoms with Crippen molar-refractivity contribution in [3.05, 3.63) is 11.6 Å². The van der Waals surface area contributed by atoms with Crippen molar-refractivity contribution in [1.82, 2.24) is 5.32 Å². The Morgan fingerprint density at radius 2 is 1.77 bits per heavy atom. The minimum absolute atomic E-state index is 0.0924. The molecule has 3 saturated carbocycles. The number of esters is 1. The number of carbonyl (C=O) groups is 2. The summed E-state index contributed by atoms with van der Waals surface area (Å²) in [6, 6.07) is 0. The minimum atomic E-state index is -0.588. The lowest BCUT2D eigenvalue weighted by atomic mass is 9.47. The van der Waals surface area contributed by atoms with Crippen molar-refractivity contribution in [3.8, 4) is 0 Å². The summed E-state index contributed by atoms with van der Waals surface area (Å²) in [6.45, 7) is 17.7. The number of hydrogen-bond acceptors (Lipinski definition) is 4. The van der Waals surface area contributed by atoms with Gasteiger partial charge in [0.15, 0.2) is 0 Å². The van der Waals surface area contributed by atoms with Gasteiger partial charge in [-0.25, -0.2) is 4.79 Å². The number of ether oxygens (including phenoxy) is 2. The van der Waals surface area contributed by atoms with Crippen LogP contribution in [0, 0.1) is 46.3 Å². The molecular formula is C34H57NO4. The quantitative estimate of drug-likeness (QED) is 0.246. The molecule has 4 aliphatic rings. The molecule has 0 spiro atoms. The van der Waals surface area contributed by atoms with Gasteiger partial charge in [-0.15, -0.1) is 0 Å². The van der Waals surface area contributed by atoms with Gasteiger partial charge in [-0.3, -0.25) is 4.79 Å². The molecule has 4 aliphatic carbocycles. The van der Waals surface area contributed by atoms with Crippen molar-refractivity contribution >= 4 is 12.1 Å². The van der Waals surface area contributed by atoms with E-state index in [-0.39, 0.29) is 24.0 Å². The Balaban J connectivity index is 1.34. The maximum Gasteiger partial charge on any atom is 0.408 e. The molecule has 0 aromatic rings. The van der Waals surface area contributed by atoms with Crippen molar-refractivity contribution in [1.29, 1.82) is 0 Å². The van der Waals surface area contributed by atoms with Crippen molar-refractivity contribution < 1.29 is 19.1 Å². The number of amides is 1. The van der Waals surface area contributed by atoms with Crippen LogP contribution in [-0.4, -0.2) is 30.3 Å². The highest BCUT2D eigenvalue weighted by Gasteiger charge is 2.59. The molecule has 0 aliphatic heterocycles. The van der Waals surface area contributed by atoms with Gasteiger partial charge in [0, 0.05) is 6.42 Å². The second kappa shape index (κ2) is 11.8. The third kappa shape index (κ3) is 6.70. The summed E-state index contributed by atoms with van der Waals surface area (Å²) in [5, 5.41) is 2.53. The normalized spacial score (nSPS) is 36.7. The Morgan fingerprint density at radius 1 is 1.03 bits per heavy atom. The van der Waals surface area contributed by atoms with Crippen LogP contribution in [0.3, 0.4) is 0 Å². The first kappa shape index (κ1) is 30.4. The Kier molecular flexibility index (Phi) is 9.18. The number of rotatable bonds is 8. The van der Waals surface area contributed by atoms with Gasteiger partial charge in [0.05, 0.1) is 0 Å². The Bertz CT molecular complexity index is 919. The van der Waals surface area contributed by atoms with Crippen LogP contribution in [0.1, 0.15) is 126 Å². The average molecular weight is 544 g/mol. The van der Waals surface area contributed by atoms with Gasteiger partial charge in [0.2, 0.25) is 0 Å². The zero-order chi connectivity index (χ0) is 28.6. The number of nitrogens with one attached hydrogen (secondary N) is 1. The molecule has 1 unspecified atom stereocenters. The summed E-state index contributed by atoms with van der Waals surface area (Å²) < 4.78 is 11.1. The molecule has 39 heavy (non-hydrogen) atoms. The van der Waals surface area contributed by atoms with E-state index in [1.165, 1.54) is 56.9 Å². The summed E-state index contributed by atoms with van der Waals surface area (Å²) in [4.78, 5) is 24.4. The van der Waals surface area contributed by atoms with Gasteiger partial charge in [-0.2, -0.15) is 0 Å². The predicted molar refractivity (Wildman–Crippen MR) is 157 cm³/mol. The molecular weight excluding hydrogens is 486 g/mol. The van der Waals surface area contributed by atoms with E-state index in [1.54, 1.807) is 20.8 Å². The van der Waals surface area contributed by atoms with E-state index in [1.807, 2.05) is 0 Å². The predicted octanol–water partition coefficient (Wildman–Crippen LogP) is 8.46. The van der Waals surface area contributed by atoms with E-state index in [4.69, 9.17) is 9.47 Å². The van der Waals surface area contributed by atoms with Crippen LogP contribution in [0.5, 0.6) is 0 Å². The SMILES string of the molecule is CC(C)CCC[C@@H](C)[C@H]1CC[C@H]2[C@@H]3CC=C4CC(OC(=O)CNC(=O)OC(C)(C)C)CC[C@]4(C)[C@H]3CC[C@]12C. The first-order valence-electron chi connectivity index (χ1n) is 16.1. The molecule has 0 aromatic heterocycles. The van der Waals surface area contributed by atoms with E-state index in [9.17, 15) is 9.59 Å². The summed E-state index contributed by atoms with van der Waals surface area (Å²) in [6.07, 6.45) is 15.6. The molecule has 0 heterocycles. The minimum Gasteiger partial charge on any atom is -0.461 e. The molecule has 1 amide bonds. The van der Waals surface area contributed by atoms with E-state index < -0.39 is 11.7 Å². The number of carbonyl (C=O) groups excluding carboxylic acids is 2. The highest BCUT2D eigenvalue weighted by Crippen LogP contribution is 2.67. The van der Waals surface area contributed by atoms with Gasteiger partial charge < -0.3 is 14.8 Å². The Labute approximate surface area is 238 Å². The van der Waals surface area contributed by atoms with Gasteiger partial charge in [0.1, 0.15) is 18.2 Å². The van der Waals surface area contributed by atoms with Gasteiger partial charge in [-0.05, 0) is 112 Å². The molecule has 8 atom stereocenters. The third-order valence-electron chi connectivity index (χ3n) is 11.3. The number of hydrogen-bond donors (Lipinski definition) is 1. The third-order valence-corrected chi connectivity index (χ3v) is 11.3. The Hall–Kier alpha value is -1.52. The van der Waals surface area contributed by atoms with E-state index in [0.717, 1.165) is 54.8 Å². The fourth-order valence-corrected chi connectivity index (χ4v) is 9.44. The zero-order valence-corrected chi connectivity index (χ0v) is 26.2. The maximum absolute atomic E-state index is 12.5. The summed E-state index contributed by atoms with van der Waals surface area (Å²) in [7, 11) is 0. The molecule has 3 fully saturated rings. The van der Waals surface area contributed by atoms with E-state index >= 15 is 0 Å². The van der Waals surface area contributed by atoms with Crippen LogP contribution in [0.2, 0.25) is 0 Å². The van der Waals surface area contributed by atoms with Crippen molar-refractivity contribution in [2.24, 2.45) is 46.3 Å². The largest absolute Gasteiger partial charge is 0.461 e. The number of fused-ring (bicyclic) bond motifs is 5. The monoisotopic (exact) mass is 543 g/mol. The first-order chi connectivity index (χ1) is 18.2. The topological polar surface area (TPSA) is 64.6 Å². The average Bonchev–Trinajstić information content (AvgIpc) is 3.19. The van der Waals surface area contributed by atoms with Crippen molar-refractivity contribution in [2.45, 2.75) is 138 Å².